The van der Waals surface area contributed by atoms with E-state index in [2.05, 4.69) is 11.3 Å². The van der Waals surface area contributed by atoms with E-state index in [1.54, 1.807) is 0 Å². The summed E-state index contributed by atoms with van der Waals surface area (Å²) in [6.07, 6.45) is 6.57. The minimum absolute atomic E-state index is 0.0832. The molecule has 74 valence electrons. The quantitative estimate of drug-likeness (QED) is 0.450. The van der Waals surface area contributed by atoms with E-state index in [9.17, 15) is 0 Å². The van der Waals surface area contributed by atoms with Crippen LogP contribution in [0.4, 0.5) is 0 Å². The van der Waals surface area contributed by atoms with Crippen LogP contribution in [0.1, 0.15) is 12.0 Å². The number of terminal acetylenes is 1. The second-order valence-corrected chi connectivity index (χ2v) is 3.47. The van der Waals surface area contributed by atoms with Gasteiger partial charge in [0.15, 0.2) is 0 Å². The van der Waals surface area contributed by atoms with E-state index in [1.807, 2.05) is 24.3 Å². The first-order valence-electron chi connectivity index (χ1n) is 4.41. The molecule has 1 unspecified atom stereocenters. The fourth-order valence-corrected chi connectivity index (χ4v) is 1.47. The Bertz CT molecular complexity index is 330. The Labute approximate surface area is 89.4 Å². The van der Waals surface area contributed by atoms with E-state index in [0.717, 1.165) is 17.0 Å². The molecule has 2 nitrogen and oxygen atoms in total. The van der Waals surface area contributed by atoms with Gasteiger partial charge in [-0.05, 0) is 18.1 Å². The van der Waals surface area contributed by atoms with Gasteiger partial charge in [-0.2, -0.15) is 0 Å². The highest BCUT2D eigenvalue weighted by atomic mass is 35.5. The molecule has 0 amide bonds. The first kappa shape index (κ1) is 11.1. The Morgan fingerprint density at radius 3 is 2.79 bits per heavy atom. The molecule has 1 aromatic carbocycles. The third-order valence-electron chi connectivity index (χ3n) is 2.02. The normalized spacial score (nSPS) is 12.1. The molecule has 0 aliphatic heterocycles. The first-order chi connectivity index (χ1) is 6.77. The van der Waals surface area contributed by atoms with E-state index in [4.69, 9.17) is 23.9 Å². The topological polar surface area (TPSA) is 38.0 Å². The van der Waals surface area contributed by atoms with Crippen molar-refractivity contribution in [3.63, 3.8) is 0 Å². The zero-order valence-electron chi connectivity index (χ0n) is 7.83. The molecule has 0 radical (unpaired) electrons. The summed E-state index contributed by atoms with van der Waals surface area (Å²) in [6, 6.07) is 7.77. The number of hydrazine groups is 1. The number of halogens is 1. The van der Waals surface area contributed by atoms with Gasteiger partial charge in [0.2, 0.25) is 0 Å². The lowest BCUT2D eigenvalue weighted by molar-refractivity contribution is 0.537. The predicted octanol–water partition coefficient (Wildman–Crippen LogP) is 1.74. The first-order valence-corrected chi connectivity index (χ1v) is 4.78. The van der Waals surface area contributed by atoms with Gasteiger partial charge in [-0.25, -0.2) is 0 Å². The van der Waals surface area contributed by atoms with Crippen molar-refractivity contribution in [2.45, 2.75) is 18.9 Å². The molecule has 14 heavy (non-hydrogen) atoms. The smallest absolute Gasteiger partial charge is 0.0438 e. The van der Waals surface area contributed by atoms with E-state index < -0.39 is 0 Å². The maximum absolute atomic E-state index is 6.01. The van der Waals surface area contributed by atoms with Gasteiger partial charge >= 0.3 is 0 Å². The second-order valence-electron chi connectivity index (χ2n) is 3.07. The molecular weight excluding hydrogens is 196 g/mol. The molecule has 0 aliphatic rings. The Kier molecular flexibility index (Phi) is 4.48. The van der Waals surface area contributed by atoms with Crippen LogP contribution < -0.4 is 11.3 Å². The van der Waals surface area contributed by atoms with Gasteiger partial charge in [0.1, 0.15) is 0 Å². The van der Waals surface area contributed by atoms with Crippen LogP contribution in [0.15, 0.2) is 24.3 Å². The standard InChI is InChI=1S/C11H13ClN2/c1-2-5-10(14-13)8-9-6-3-4-7-11(9)12/h1,3-4,6-7,10,14H,5,8,13H2. The molecule has 1 atom stereocenters. The van der Waals surface area contributed by atoms with Crippen LogP contribution in [-0.4, -0.2) is 6.04 Å². The zero-order chi connectivity index (χ0) is 10.4. The van der Waals surface area contributed by atoms with Crippen molar-refractivity contribution in [2.24, 2.45) is 5.84 Å². The van der Waals surface area contributed by atoms with Crippen LogP contribution in [0.2, 0.25) is 5.02 Å². The van der Waals surface area contributed by atoms with Crippen molar-refractivity contribution in [2.75, 3.05) is 0 Å². The molecule has 0 saturated heterocycles. The molecular formula is C11H13ClN2. The van der Waals surface area contributed by atoms with Crippen molar-refractivity contribution >= 4 is 11.6 Å². The molecule has 0 aromatic heterocycles. The third kappa shape index (κ3) is 3.04. The average molecular weight is 209 g/mol. The Morgan fingerprint density at radius 2 is 2.21 bits per heavy atom. The number of hydrogen-bond donors (Lipinski definition) is 2. The summed E-state index contributed by atoms with van der Waals surface area (Å²) in [5.41, 5.74) is 3.74. The van der Waals surface area contributed by atoms with Gasteiger partial charge in [0.05, 0.1) is 0 Å². The minimum atomic E-state index is 0.0832. The van der Waals surface area contributed by atoms with E-state index in [1.165, 1.54) is 0 Å². The third-order valence-corrected chi connectivity index (χ3v) is 2.39. The van der Waals surface area contributed by atoms with Gasteiger partial charge in [0.25, 0.3) is 0 Å². The van der Waals surface area contributed by atoms with Crippen molar-refractivity contribution in [1.29, 1.82) is 0 Å². The van der Waals surface area contributed by atoms with Gasteiger partial charge in [-0.15, -0.1) is 12.3 Å². The average Bonchev–Trinajstić information content (AvgIpc) is 2.20. The molecule has 0 bridgehead atoms. The molecule has 0 fully saturated rings. The van der Waals surface area contributed by atoms with Gasteiger partial charge < -0.3 is 0 Å². The molecule has 0 spiro atoms. The summed E-state index contributed by atoms with van der Waals surface area (Å²) < 4.78 is 0. The van der Waals surface area contributed by atoms with E-state index >= 15 is 0 Å². The fraction of sp³-hybridized carbons (Fsp3) is 0.273. The van der Waals surface area contributed by atoms with Crippen LogP contribution in [0.5, 0.6) is 0 Å². The monoisotopic (exact) mass is 208 g/mol. The second kappa shape index (κ2) is 5.66. The molecule has 0 saturated carbocycles. The maximum atomic E-state index is 6.01. The summed E-state index contributed by atoms with van der Waals surface area (Å²) in [5.74, 6) is 7.94. The minimum Gasteiger partial charge on any atom is -0.271 e. The molecule has 0 heterocycles. The summed E-state index contributed by atoms with van der Waals surface area (Å²) in [4.78, 5) is 0. The highest BCUT2D eigenvalue weighted by Gasteiger charge is 2.07. The van der Waals surface area contributed by atoms with Gasteiger partial charge in [0, 0.05) is 17.5 Å². The lowest BCUT2D eigenvalue weighted by atomic mass is 10.0. The van der Waals surface area contributed by atoms with Crippen LogP contribution in [0.25, 0.3) is 0 Å². The number of nitrogens with two attached hydrogens (primary N) is 1. The SMILES string of the molecule is C#CCC(Cc1ccccc1Cl)NN. The highest BCUT2D eigenvalue weighted by molar-refractivity contribution is 6.31. The van der Waals surface area contributed by atoms with E-state index in [-0.39, 0.29) is 6.04 Å². The van der Waals surface area contributed by atoms with Crippen LogP contribution in [-0.2, 0) is 6.42 Å². The van der Waals surface area contributed by atoms with Crippen LogP contribution >= 0.6 is 11.6 Å². The molecule has 1 aromatic rings. The van der Waals surface area contributed by atoms with Crippen molar-refractivity contribution in [3.8, 4) is 12.3 Å². The summed E-state index contributed by atoms with van der Waals surface area (Å²) >= 11 is 6.01. The van der Waals surface area contributed by atoms with Gasteiger partial charge in [-0.3, -0.25) is 11.3 Å². The lowest BCUT2D eigenvalue weighted by Gasteiger charge is -2.13. The number of hydrogen-bond acceptors (Lipinski definition) is 2. The Hall–Kier alpha value is -1.01. The summed E-state index contributed by atoms with van der Waals surface area (Å²) in [6.45, 7) is 0. The molecule has 3 N–H and O–H groups in total. The molecule has 1 rings (SSSR count). The van der Waals surface area contributed by atoms with Crippen molar-refractivity contribution in [3.05, 3.63) is 34.9 Å². The predicted molar refractivity (Wildman–Crippen MR) is 59.7 cm³/mol. The van der Waals surface area contributed by atoms with Gasteiger partial charge in [-0.1, -0.05) is 29.8 Å². The van der Waals surface area contributed by atoms with Crippen molar-refractivity contribution < 1.29 is 0 Å². The molecule has 3 heteroatoms. The fourth-order valence-electron chi connectivity index (χ4n) is 1.26. The summed E-state index contributed by atoms with van der Waals surface area (Å²) in [5, 5.41) is 0.754. The zero-order valence-corrected chi connectivity index (χ0v) is 8.59. The van der Waals surface area contributed by atoms with Crippen LogP contribution in [0, 0.1) is 12.3 Å². The Balaban J connectivity index is 2.68. The maximum Gasteiger partial charge on any atom is 0.0438 e. The lowest BCUT2D eigenvalue weighted by Crippen LogP contribution is -2.36. The number of nitrogens with one attached hydrogen (secondary N) is 1. The molecule has 0 aliphatic carbocycles. The number of benzene rings is 1. The largest absolute Gasteiger partial charge is 0.271 e. The van der Waals surface area contributed by atoms with E-state index in [0.29, 0.717) is 6.42 Å². The summed E-state index contributed by atoms with van der Waals surface area (Å²) in [7, 11) is 0. The number of rotatable bonds is 4. The van der Waals surface area contributed by atoms with Crippen LogP contribution in [0.3, 0.4) is 0 Å². The highest BCUT2D eigenvalue weighted by Crippen LogP contribution is 2.17. The Morgan fingerprint density at radius 1 is 1.50 bits per heavy atom. The van der Waals surface area contributed by atoms with Crippen molar-refractivity contribution in [1.82, 2.24) is 5.43 Å².